The third-order valence-electron chi connectivity index (χ3n) is 3.54. The first kappa shape index (κ1) is 9.66. The van der Waals surface area contributed by atoms with E-state index in [0.717, 1.165) is 6.54 Å². The molecule has 0 unspecified atom stereocenters. The van der Waals surface area contributed by atoms with Gasteiger partial charge in [-0.25, -0.2) is 0 Å². The minimum Gasteiger partial charge on any atom is -0.361 e. The number of aromatic nitrogens is 1. The van der Waals surface area contributed by atoms with Crippen molar-refractivity contribution in [2.75, 3.05) is 0 Å². The van der Waals surface area contributed by atoms with Crippen LogP contribution in [-0.4, -0.2) is 11.2 Å². The number of aromatic amines is 1. The smallest absolute Gasteiger partial charge is 0.0646 e. The average Bonchev–Trinajstić information content (AvgIpc) is 3.04. The van der Waals surface area contributed by atoms with Crippen LogP contribution < -0.4 is 0 Å². The molecule has 0 atom stereocenters. The lowest BCUT2D eigenvalue weighted by molar-refractivity contribution is 1.11. The minimum atomic E-state index is 0.823. The number of para-hydroxylation sites is 1. The van der Waals surface area contributed by atoms with Gasteiger partial charge in [-0.05, 0) is 28.8 Å². The van der Waals surface area contributed by atoms with Crippen molar-refractivity contribution in [2.45, 2.75) is 6.54 Å². The quantitative estimate of drug-likeness (QED) is 0.661. The molecule has 0 fully saturated rings. The minimum absolute atomic E-state index is 0.823. The van der Waals surface area contributed by atoms with E-state index < -0.39 is 0 Å². The van der Waals surface area contributed by atoms with Crippen LogP contribution in [0.2, 0.25) is 0 Å². The van der Waals surface area contributed by atoms with E-state index in [1.165, 1.54) is 33.2 Å². The number of nitrogens with zero attached hydrogens (tertiary/aromatic N) is 1. The molecule has 1 aromatic heterocycles. The van der Waals surface area contributed by atoms with Crippen molar-refractivity contribution in [1.29, 1.82) is 0 Å². The summed E-state index contributed by atoms with van der Waals surface area (Å²) in [6.45, 7) is 0.823. The van der Waals surface area contributed by atoms with Crippen molar-refractivity contribution >= 4 is 17.1 Å². The summed E-state index contributed by atoms with van der Waals surface area (Å²) in [7, 11) is 0. The fourth-order valence-corrected chi connectivity index (χ4v) is 2.58. The maximum absolute atomic E-state index is 4.30. The van der Waals surface area contributed by atoms with Crippen LogP contribution in [0, 0.1) is 0 Å². The molecule has 0 aliphatic carbocycles. The molecule has 0 amide bonds. The van der Waals surface area contributed by atoms with Gasteiger partial charge < -0.3 is 4.98 Å². The second-order valence-electron chi connectivity index (χ2n) is 4.63. The van der Waals surface area contributed by atoms with Crippen LogP contribution in [-0.2, 0) is 6.54 Å². The molecule has 2 heterocycles. The highest BCUT2D eigenvalue weighted by Gasteiger charge is 2.10. The Labute approximate surface area is 105 Å². The Hall–Kier alpha value is -2.35. The molecule has 0 saturated carbocycles. The van der Waals surface area contributed by atoms with E-state index in [9.17, 15) is 0 Å². The number of H-pyrrole nitrogens is 1. The maximum Gasteiger partial charge on any atom is 0.0646 e. The van der Waals surface area contributed by atoms with Gasteiger partial charge in [-0.1, -0.05) is 30.3 Å². The Kier molecular flexibility index (Phi) is 1.92. The lowest BCUT2D eigenvalue weighted by Crippen LogP contribution is -1.85. The molecule has 0 spiro atoms. The summed E-state index contributed by atoms with van der Waals surface area (Å²) in [4.78, 5) is 7.62. The fourth-order valence-electron chi connectivity index (χ4n) is 2.58. The van der Waals surface area contributed by atoms with E-state index >= 15 is 0 Å². The van der Waals surface area contributed by atoms with Gasteiger partial charge >= 0.3 is 0 Å². The van der Waals surface area contributed by atoms with Gasteiger partial charge in [0.2, 0.25) is 0 Å². The van der Waals surface area contributed by atoms with Crippen molar-refractivity contribution in [3.63, 3.8) is 0 Å². The average molecular weight is 232 g/mol. The molecule has 86 valence electrons. The Bertz CT molecular complexity index is 766. The Morgan fingerprint density at radius 1 is 1.06 bits per heavy atom. The molecule has 1 aliphatic heterocycles. The molecule has 0 bridgehead atoms. The van der Waals surface area contributed by atoms with E-state index in [1.807, 2.05) is 6.21 Å². The highest BCUT2D eigenvalue weighted by molar-refractivity contribution is 5.97. The van der Waals surface area contributed by atoms with Gasteiger partial charge in [-0.3, -0.25) is 4.99 Å². The second kappa shape index (κ2) is 3.57. The highest BCUT2D eigenvalue weighted by atomic mass is 14.7. The summed E-state index contributed by atoms with van der Waals surface area (Å²) in [5.41, 5.74) is 6.26. The van der Waals surface area contributed by atoms with Gasteiger partial charge in [-0.15, -0.1) is 0 Å². The van der Waals surface area contributed by atoms with E-state index in [4.69, 9.17) is 0 Å². The molecule has 2 aromatic carbocycles. The van der Waals surface area contributed by atoms with Gasteiger partial charge in [0.25, 0.3) is 0 Å². The molecule has 18 heavy (non-hydrogen) atoms. The van der Waals surface area contributed by atoms with Gasteiger partial charge in [0.1, 0.15) is 0 Å². The number of aliphatic imine (C=N–C) groups is 1. The predicted octanol–water partition coefficient (Wildman–Crippen LogP) is 3.77. The summed E-state index contributed by atoms with van der Waals surface area (Å²) in [6, 6.07) is 15.0. The second-order valence-corrected chi connectivity index (χ2v) is 4.63. The van der Waals surface area contributed by atoms with E-state index in [-0.39, 0.29) is 0 Å². The number of hydrogen-bond donors (Lipinski definition) is 1. The summed E-state index contributed by atoms with van der Waals surface area (Å²) in [5, 5.41) is 1.27. The number of nitrogens with one attached hydrogen (secondary N) is 1. The van der Waals surface area contributed by atoms with Crippen LogP contribution >= 0.6 is 0 Å². The topological polar surface area (TPSA) is 28.1 Å². The number of hydrogen-bond acceptors (Lipinski definition) is 1. The van der Waals surface area contributed by atoms with Crippen molar-refractivity contribution in [3.8, 4) is 11.1 Å². The lowest BCUT2D eigenvalue weighted by atomic mass is 10.0. The Balaban J connectivity index is 1.95. The predicted molar refractivity (Wildman–Crippen MR) is 75.0 cm³/mol. The summed E-state index contributed by atoms with van der Waals surface area (Å²) >= 11 is 0. The lowest BCUT2D eigenvalue weighted by Gasteiger charge is -2.03. The van der Waals surface area contributed by atoms with Crippen LogP contribution in [0.3, 0.4) is 0 Å². The number of benzene rings is 2. The van der Waals surface area contributed by atoms with Crippen LogP contribution in [0.1, 0.15) is 11.1 Å². The van der Waals surface area contributed by atoms with Crippen molar-refractivity contribution in [2.24, 2.45) is 4.99 Å². The Morgan fingerprint density at radius 2 is 2.00 bits per heavy atom. The monoisotopic (exact) mass is 232 g/mol. The van der Waals surface area contributed by atoms with Gasteiger partial charge in [0.05, 0.1) is 6.54 Å². The zero-order chi connectivity index (χ0) is 11.9. The van der Waals surface area contributed by atoms with E-state index in [2.05, 4.69) is 58.6 Å². The Morgan fingerprint density at radius 3 is 3.00 bits per heavy atom. The van der Waals surface area contributed by atoms with E-state index in [0.29, 0.717) is 0 Å². The van der Waals surface area contributed by atoms with Gasteiger partial charge in [0.15, 0.2) is 0 Å². The first-order valence-electron chi connectivity index (χ1n) is 6.11. The summed E-state index contributed by atoms with van der Waals surface area (Å²) in [5.74, 6) is 0. The van der Waals surface area contributed by atoms with Crippen molar-refractivity contribution < 1.29 is 0 Å². The number of fused-ring (bicyclic) bond motifs is 2. The molecule has 2 nitrogen and oxygen atoms in total. The molecule has 2 heteroatoms. The summed E-state index contributed by atoms with van der Waals surface area (Å²) in [6.07, 6.45) is 4.05. The van der Waals surface area contributed by atoms with Crippen LogP contribution in [0.5, 0.6) is 0 Å². The standard InChI is InChI=1S/C16H12N2/c1-2-4-16-14(3-1)15(10-18-16)11-5-6-12-8-17-9-13(12)7-11/h1-7,9-10,18H,8H2. The largest absolute Gasteiger partial charge is 0.361 e. The van der Waals surface area contributed by atoms with Crippen LogP contribution in [0.25, 0.3) is 22.0 Å². The van der Waals surface area contributed by atoms with Crippen molar-refractivity contribution in [1.82, 2.24) is 4.98 Å². The first-order valence-corrected chi connectivity index (χ1v) is 6.11. The zero-order valence-corrected chi connectivity index (χ0v) is 9.85. The summed E-state index contributed by atoms with van der Waals surface area (Å²) < 4.78 is 0. The van der Waals surface area contributed by atoms with E-state index in [1.54, 1.807) is 0 Å². The zero-order valence-electron chi connectivity index (χ0n) is 9.85. The third kappa shape index (κ3) is 1.32. The maximum atomic E-state index is 4.30. The van der Waals surface area contributed by atoms with Crippen molar-refractivity contribution in [3.05, 3.63) is 59.8 Å². The highest BCUT2D eigenvalue weighted by Crippen LogP contribution is 2.30. The SMILES string of the molecule is C1=NCc2ccc(-c3c[nH]c4ccccc34)cc21. The molecular formula is C16H12N2. The third-order valence-corrected chi connectivity index (χ3v) is 3.54. The number of rotatable bonds is 1. The van der Waals surface area contributed by atoms with Crippen LogP contribution in [0.15, 0.2) is 53.7 Å². The van der Waals surface area contributed by atoms with Gasteiger partial charge in [-0.2, -0.15) is 0 Å². The molecular weight excluding hydrogens is 220 g/mol. The molecule has 0 saturated heterocycles. The van der Waals surface area contributed by atoms with Gasteiger partial charge in [0, 0.05) is 28.9 Å². The fraction of sp³-hybridized carbons (Fsp3) is 0.0625. The molecule has 4 rings (SSSR count). The molecule has 1 aliphatic rings. The normalized spacial score (nSPS) is 13.1. The van der Waals surface area contributed by atoms with Crippen LogP contribution in [0.4, 0.5) is 0 Å². The molecule has 0 radical (unpaired) electrons. The molecule has 3 aromatic rings. The molecule has 1 N–H and O–H groups in total. The first-order chi connectivity index (χ1) is 8.92.